The summed E-state index contributed by atoms with van der Waals surface area (Å²) in [6, 6.07) is 4.08. The molecule has 3 nitrogen and oxygen atoms in total. The van der Waals surface area contributed by atoms with Gasteiger partial charge in [0.25, 0.3) is 0 Å². The second kappa shape index (κ2) is 4.29. The number of carbonyl (C=O) groups excluding carboxylic acids is 1. The summed E-state index contributed by atoms with van der Waals surface area (Å²) in [6.07, 6.45) is 2.16. The minimum atomic E-state index is -0.221. The molecular weight excluding hydrogens is 270 g/mol. The SMILES string of the molecule is COC(=O)Cc1c[nH]c2cc(Br)c(C)cc12. The lowest BCUT2D eigenvalue weighted by Crippen LogP contribution is -2.03. The Bertz CT molecular complexity index is 545. The number of aromatic amines is 1. The third-order valence-electron chi connectivity index (χ3n) is 2.61. The molecule has 84 valence electrons. The number of hydrogen-bond acceptors (Lipinski definition) is 2. The average molecular weight is 282 g/mol. The molecule has 2 rings (SSSR count). The van der Waals surface area contributed by atoms with Gasteiger partial charge in [0.2, 0.25) is 0 Å². The van der Waals surface area contributed by atoms with Crippen LogP contribution in [-0.2, 0) is 16.0 Å². The molecule has 0 amide bonds. The number of aromatic nitrogens is 1. The normalized spacial score (nSPS) is 10.7. The van der Waals surface area contributed by atoms with Gasteiger partial charge in [-0.25, -0.2) is 0 Å². The first kappa shape index (κ1) is 11.2. The minimum absolute atomic E-state index is 0.221. The summed E-state index contributed by atoms with van der Waals surface area (Å²) < 4.78 is 5.73. The van der Waals surface area contributed by atoms with Gasteiger partial charge in [0, 0.05) is 21.6 Å². The first-order chi connectivity index (χ1) is 7.61. The van der Waals surface area contributed by atoms with Gasteiger partial charge < -0.3 is 9.72 Å². The predicted octanol–water partition coefficient (Wildman–Crippen LogP) is 2.95. The van der Waals surface area contributed by atoms with E-state index < -0.39 is 0 Å². The van der Waals surface area contributed by atoms with Gasteiger partial charge in [-0.15, -0.1) is 0 Å². The van der Waals surface area contributed by atoms with Crippen molar-refractivity contribution in [1.82, 2.24) is 4.98 Å². The van der Waals surface area contributed by atoms with Crippen molar-refractivity contribution in [1.29, 1.82) is 0 Å². The molecule has 16 heavy (non-hydrogen) atoms. The molecule has 4 heteroatoms. The quantitative estimate of drug-likeness (QED) is 0.860. The summed E-state index contributed by atoms with van der Waals surface area (Å²) in [7, 11) is 1.40. The van der Waals surface area contributed by atoms with Crippen LogP contribution in [0.4, 0.5) is 0 Å². The first-order valence-corrected chi connectivity index (χ1v) is 5.74. The number of methoxy groups -OCH3 is 1. The maximum atomic E-state index is 11.2. The van der Waals surface area contributed by atoms with Gasteiger partial charge in [-0.05, 0) is 30.2 Å². The van der Waals surface area contributed by atoms with Crippen molar-refractivity contribution in [2.75, 3.05) is 7.11 Å². The number of aryl methyl sites for hydroxylation is 1. The number of carbonyl (C=O) groups is 1. The van der Waals surface area contributed by atoms with Gasteiger partial charge in [0.1, 0.15) is 0 Å². The van der Waals surface area contributed by atoms with Crippen LogP contribution in [0.15, 0.2) is 22.8 Å². The Kier molecular flexibility index (Phi) is 3.01. The van der Waals surface area contributed by atoms with Crippen molar-refractivity contribution in [2.45, 2.75) is 13.3 Å². The Balaban J connectivity index is 2.48. The maximum Gasteiger partial charge on any atom is 0.310 e. The molecule has 0 saturated carbocycles. The molecule has 0 atom stereocenters. The second-order valence-electron chi connectivity index (χ2n) is 3.71. The summed E-state index contributed by atoms with van der Waals surface area (Å²) in [6.45, 7) is 2.03. The van der Waals surface area contributed by atoms with E-state index in [1.165, 1.54) is 7.11 Å². The fourth-order valence-corrected chi connectivity index (χ4v) is 2.03. The number of rotatable bonds is 2. The molecule has 0 bridgehead atoms. The summed E-state index contributed by atoms with van der Waals surface area (Å²) in [5.74, 6) is -0.221. The Labute approximate surface area is 102 Å². The van der Waals surface area contributed by atoms with Crippen LogP contribution in [0.2, 0.25) is 0 Å². The lowest BCUT2D eigenvalue weighted by molar-refractivity contribution is -0.139. The zero-order valence-electron chi connectivity index (χ0n) is 9.13. The zero-order chi connectivity index (χ0) is 11.7. The largest absolute Gasteiger partial charge is 0.469 e. The van der Waals surface area contributed by atoms with Crippen molar-refractivity contribution in [3.8, 4) is 0 Å². The Morgan fingerprint density at radius 2 is 2.25 bits per heavy atom. The van der Waals surface area contributed by atoms with Gasteiger partial charge in [-0.3, -0.25) is 4.79 Å². The molecule has 1 N–H and O–H groups in total. The number of ether oxygens (including phenoxy) is 1. The molecule has 0 radical (unpaired) electrons. The highest BCUT2D eigenvalue weighted by molar-refractivity contribution is 9.10. The van der Waals surface area contributed by atoms with Crippen LogP contribution >= 0.6 is 15.9 Å². The number of hydrogen-bond donors (Lipinski definition) is 1. The fourth-order valence-electron chi connectivity index (χ4n) is 1.68. The summed E-state index contributed by atoms with van der Waals surface area (Å²) in [5, 5.41) is 1.08. The molecule has 0 aliphatic rings. The van der Waals surface area contributed by atoms with Crippen molar-refractivity contribution >= 4 is 32.8 Å². The molecule has 2 aromatic rings. The summed E-state index contributed by atoms with van der Waals surface area (Å²) in [4.78, 5) is 14.4. The van der Waals surface area contributed by atoms with E-state index in [2.05, 4.69) is 31.7 Å². The van der Waals surface area contributed by atoms with Gasteiger partial charge >= 0.3 is 5.97 Å². The maximum absolute atomic E-state index is 11.2. The summed E-state index contributed by atoms with van der Waals surface area (Å²) in [5.41, 5.74) is 3.15. The molecule has 0 saturated heterocycles. The molecule has 0 spiro atoms. The molecule has 0 unspecified atom stereocenters. The highest BCUT2D eigenvalue weighted by Crippen LogP contribution is 2.26. The molecule has 0 fully saturated rings. The number of fused-ring (bicyclic) bond motifs is 1. The number of benzene rings is 1. The zero-order valence-corrected chi connectivity index (χ0v) is 10.7. The standard InChI is InChI=1S/C12H12BrNO2/c1-7-3-9-8(4-12(15)16-2)6-14-11(9)5-10(7)13/h3,5-6,14H,4H2,1-2H3. The Morgan fingerprint density at radius 3 is 2.94 bits per heavy atom. The monoisotopic (exact) mass is 281 g/mol. The Morgan fingerprint density at radius 1 is 1.50 bits per heavy atom. The van der Waals surface area contributed by atoms with E-state index in [0.717, 1.165) is 26.5 Å². The van der Waals surface area contributed by atoms with Crippen LogP contribution in [0.1, 0.15) is 11.1 Å². The van der Waals surface area contributed by atoms with Crippen LogP contribution < -0.4 is 0 Å². The fraction of sp³-hybridized carbons (Fsp3) is 0.250. The highest BCUT2D eigenvalue weighted by atomic mass is 79.9. The van der Waals surface area contributed by atoms with Crippen LogP contribution in [-0.4, -0.2) is 18.1 Å². The van der Waals surface area contributed by atoms with Crippen molar-refractivity contribution < 1.29 is 9.53 Å². The van der Waals surface area contributed by atoms with Crippen LogP contribution in [0.25, 0.3) is 10.9 Å². The van der Waals surface area contributed by atoms with E-state index in [4.69, 9.17) is 0 Å². The van der Waals surface area contributed by atoms with Crippen LogP contribution in [0.3, 0.4) is 0 Å². The van der Waals surface area contributed by atoms with Crippen LogP contribution in [0, 0.1) is 6.92 Å². The Hall–Kier alpha value is -1.29. The van der Waals surface area contributed by atoms with Crippen LogP contribution in [0.5, 0.6) is 0 Å². The molecular formula is C12H12BrNO2. The highest BCUT2D eigenvalue weighted by Gasteiger charge is 2.10. The molecule has 1 aromatic heterocycles. The number of esters is 1. The average Bonchev–Trinajstić information content (AvgIpc) is 2.62. The summed E-state index contributed by atoms with van der Waals surface area (Å²) >= 11 is 3.48. The van der Waals surface area contributed by atoms with Crippen molar-refractivity contribution in [2.24, 2.45) is 0 Å². The van der Waals surface area contributed by atoms with E-state index >= 15 is 0 Å². The topological polar surface area (TPSA) is 42.1 Å². The van der Waals surface area contributed by atoms with Gasteiger partial charge in [0.05, 0.1) is 13.5 Å². The second-order valence-corrected chi connectivity index (χ2v) is 4.57. The number of nitrogens with one attached hydrogen (secondary N) is 1. The number of halogens is 1. The van der Waals surface area contributed by atoms with E-state index in [0.29, 0.717) is 6.42 Å². The lowest BCUT2D eigenvalue weighted by Gasteiger charge is -2.01. The lowest BCUT2D eigenvalue weighted by atomic mass is 10.1. The van der Waals surface area contributed by atoms with E-state index in [-0.39, 0.29) is 5.97 Å². The van der Waals surface area contributed by atoms with E-state index in [9.17, 15) is 4.79 Å². The third kappa shape index (κ3) is 1.97. The van der Waals surface area contributed by atoms with Gasteiger partial charge in [-0.1, -0.05) is 15.9 Å². The van der Waals surface area contributed by atoms with Crippen molar-refractivity contribution in [3.05, 3.63) is 33.9 Å². The molecule has 0 aliphatic carbocycles. The first-order valence-electron chi connectivity index (χ1n) is 4.94. The van der Waals surface area contributed by atoms with E-state index in [1.807, 2.05) is 19.2 Å². The molecule has 1 aromatic carbocycles. The van der Waals surface area contributed by atoms with Gasteiger partial charge in [0.15, 0.2) is 0 Å². The molecule has 1 heterocycles. The van der Waals surface area contributed by atoms with E-state index in [1.54, 1.807) is 0 Å². The smallest absolute Gasteiger partial charge is 0.310 e. The number of H-pyrrole nitrogens is 1. The minimum Gasteiger partial charge on any atom is -0.469 e. The van der Waals surface area contributed by atoms with Gasteiger partial charge in [-0.2, -0.15) is 0 Å². The predicted molar refractivity (Wildman–Crippen MR) is 66.5 cm³/mol. The van der Waals surface area contributed by atoms with Crippen molar-refractivity contribution in [3.63, 3.8) is 0 Å². The third-order valence-corrected chi connectivity index (χ3v) is 3.46. The molecule has 0 aliphatic heterocycles.